The molecule has 94 valence electrons. The standard InChI is InChI=1S/C9H15N5O3/c1-6(11-9-13-12-8(10)17-9)7(15)14-2-4-16-5-3-14/h6H,2-5H2,1H3,(H2,10,12)(H,11,13). The van der Waals surface area contributed by atoms with E-state index in [9.17, 15) is 4.79 Å². The van der Waals surface area contributed by atoms with Crippen LogP contribution in [0.3, 0.4) is 0 Å². The molecule has 1 aliphatic rings. The van der Waals surface area contributed by atoms with Gasteiger partial charge in [0.2, 0.25) is 5.91 Å². The zero-order valence-corrected chi connectivity index (χ0v) is 9.55. The maximum atomic E-state index is 12.0. The van der Waals surface area contributed by atoms with Crippen molar-refractivity contribution in [1.82, 2.24) is 15.1 Å². The van der Waals surface area contributed by atoms with Crippen LogP contribution in [0.15, 0.2) is 4.42 Å². The minimum atomic E-state index is -0.437. The molecule has 3 N–H and O–H groups in total. The minimum Gasteiger partial charge on any atom is -0.390 e. The highest BCUT2D eigenvalue weighted by Gasteiger charge is 2.23. The number of morpholine rings is 1. The molecule has 0 spiro atoms. The van der Waals surface area contributed by atoms with Gasteiger partial charge in [-0.15, -0.1) is 0 Å². The number of carbonyl (C=O) groups is 1. The molecule has 1 amide bonds. The highest BCUT2D eigenvalue weighted by atomic mass is 16.5. The number of nitrogens with two attached hydrogens (primary N) is 1. The summed E-state index contributed by atoms with van der Waals surface area (Å²) in [6, 6.07) is -0.317. The monoisotopic (exact) mass is 241 g/mol. The minimum absolute atomic E-state index is 0.0231. The Hall–Kier alpha value is -1.83. The lowest BCUT2D eigenvalue weighted by Crippen LogP contribution is -2.47. The van der Waals surface area contributed by atoms with E-state index in [0.717, 1.165) is 0 Å². The van der Waals surface area contributed by atoms with Gasteiger partial charge in [0.15, 0.2) is 0 Å². The van der Waals surface area contributed by atoms with Gasteiger partial charge in [0, 0.05) is 13.1 Å². The summed E-state index contributed by atoms with van der Waals surface area (Å²) in [5, 5.41) is 9.94. The van der Waals surface area contributed by atoms with E-state index in [1.54, 1.807) is 11.8 Å². The van der Waals surface area contributed by atoms with Crippen molar-refractivity contribution in [2.75, 3.05) is 37.4 Å². The summed E-state index contributed by atoms with van der Waals surface area (Å²) in [7, 11) is 0. The van der Waals surface area contributed by atoms with Crippen molar-refractivity contribution in [3.8, 4) is 0 Å². The Morgan fingerprint density at radius 2 is 2.18 bits per heavy atom. The van der Waals surface area contributed by atoms with Crippen molar-refractivity contribution in [2.45, 2.75) is 13.0 Å². The molecule has 1 aromatic heterocycles. The van der Waals surface area contributed by atoms with Crippen molar-refractivity contribution in [1.29, 1.82) is 0 Å². The molecule has 1 aliphatic heterocycles. The molecule has 0 bridgehead atoms. The number of ether oxygens (including phenoxy) is 1. The normalized spacial score (nSPS) is 17.8. The molecule has 8 heteroatoms. The molecule has 0 radical (unpaired) electrons. The molecule has 17 heavy (non-hydrogen) atoms. The number of hydrogen-bond acceptors (Lipinski definition) is 7. The number of anilines is 2. The maximum absolute atomic E-state index is 12.0. The number of hydrogen-bond donors (Lipinski definition) is 2. The molecular weight excluding hydrogens is 226 g/mol. The Labute approximate surface area is 98.1 Å². The van der Waals surface area contributed by atoms with Crippen molar-refractivity contribution in [2.24, 2.45) is 0 Å². The van der Waals surface area contributed by atoms with Gasteiger partial charge in [-0.3, -0.25) is 4.79 Å². The van der Waals surface area contributed by atoms with E-state index >= 15 is 0 Å². The highest BCUT2D eigenvalue weighted by Crippen LogP contribution is 2.09. The Balaban J connectivity index is 1.90. The number of amides is 1. The van der Waals surface area contributed by atoms with Crippen molar-refractivity contribution in [3.05, 3.63) is 0 Å². The Morgan fingerprint density at radius 1 is 1.47 bits per heavy atom. The zero-order valence-electron chi connectivity index (χ0n) is 9.55. The smallest absolute Gasteiger partial charge is 0.317 e. The Morgan fingerprint density at radius 3 is 2.76 bits per heavy atom. The SMILES string of the molecule is CC(Nc1nnc(N)o1)C(=O)N1CCOCC1. The fourth-order valence-electron chi connectivity index (χ4n) is 1.60. The average molecular weight is 241 g/mol. The van der Waals surface area contributed by atoms with Gasteiger partial charge in [-0.1, -0.05) is 10.2 Å². The van der Waals surface area contributed by atoms with Gasteiger partial charge < -0.3 is 25.1 Å². The first kappa shape index (κ1) is 11.6. The third kappa shape index (κ3) is 2.84. The molecule has 1 fully saturated rings. The molecule has 0 saturated carbocycles. The molecular formula is C9H15N5O3. The predicted octanol–water partition coefficient (Wildman–Crippen LogP) is -0.689. The number of nitrogens with zero attached hydrogens (tertiary/aromatic N) is 3. The largest absolute Gasteiger partial charge is 0.390 e. The molecule has 0 aliphatic carbocycles. The summed E-state index contributed by atoms with van der Waals surface area (Å²) in [4.78, 5) is 13.7. The van der Waals surface area contributed by atoms with Crippen LogP contribution in [-0.4, -0.2) is 53.3 Å². The summed E-state index contributed by atoms with van der Waals surface area (Å²) >= 11 is 0. The van der Waals surface area contributed by atoms with E-state index in [-0.39, 0.29) is 17.9 Å². The second kappa shape index (κ2) is 5.00. The highest BCUT2D eigenvalue weighted by molar-refractivity contribution is 5.83. The lowest BCUT2D eigenvalue weighted by molar-refractivity contribution is -0.135. The summed E-state index contributed by atoms with van der Waals surface area (Å²) in [6.07, 6.45) is 0. The third-order valence-corrected chi connectivity index (χ3v) is 2.47. The van der Waals surface area contributed by atoms with Crippen LogP contribution in [0.25, 0.3) is 0 Å². The van der Waals surface area contributed by atoms with Gasteiger partial charge in [0.25, 0.3) is 0 Å². The topological polar surface area (TPSA) is 107 Å². The molecule has 2 heterocycles. The lowest BCUT2D eigenvalue weighted by Gasteiger charge is -2.29. The molecule has 0 aromatic carbocycles. The number of aromatic nitrogens is 2. The summed E-state index contributed by atoms with van der Waals surface area (Å²) < 4.78 is 10.1. The van der Waals surface area contributed by atoms with Crippen LogP contribution in [0.2, 0.25) is 0 Å². The van der Waals surface area contributed by atoms with E-state index in [0.29, 0.717) is 26.3 Å². The van der Waals surface area contributed by atoms with Crippen LogP contribution in [-0.2, 0) is 9.53 Å². The van der Waals surface area contributed by atoms with Gasteiger partial charge in [0.1, 0.15) is 6.04 Å². The van der Waals surface area contributed by atoms with Gasteiger partial charge in [0.05, 0.1) is 13.2 Å². The van der Waals surface area contributed by atoms with Gasteiger partial charge in [-0.2, -0.15) is 0 Å². The fraction of sp³-hybridized carbons (Fsp3) is 0.667. The van der Waals surface area contributed by atoms with Crippen LogP contribution in [0.4, 0.5) is 12.0 Å². The Kier molecular flexibility index (Phi) is 3.43. The van der Waals surface area contributed by atoms with Crippen LogP contribution in [0.1, 0.15) is 6.92 Å². The van der Waals surface area contributed by atoms with E-state index in [2.05, 4.69) is 15.5 Å². The van der Waals surface area contributed by atoms with Crippen LogP contribution < -0.4 is 11.1 Å². The fourth-order valence-corrected chi connectivity index (χ4v) is 1.60. The average Bonchev–Trinajstić information content (AvgIpc) is 2.75. The summed E-state index contributed by atoms with van der Waals surface area (Å²) in [5.74, 6) is -0.0231. The lowest BCUT2D eigenvalue weighted by atomic mass is 10.2. The molecule has 1 saturated heterocycles. The second-order valence-corrected chi connectivity index (χ2v) is 3.75. The molecule has 2 rings (SSSR count). The number of rotatable bonds is 3. The van der Waals surface area contributed by atoms with Gasteiger partial charge in [-0.25, -0.2) is 0 Å². The van der Waals surface area contributed by atoms with Crippen LogP contribution in [0, 0.1) is 0 Å². The number of nitrogen functional groups attached to an aromatic ring is 1. The van der Waals surface area contributed by atoms with Crippen LogP contribution in [0.5, 0.6) is 0 Å². The van der Waals surface area contributed by atoms with Crippen molar-refractivity contribution < 1.29 is 13.9 Å². The second-order valence-electron chi connectivity index (χ2n) is 3.75. The molecule has 1 unspecified atom stereocenters. The van der Waals surface area contributed by atoms with E-state index in [4.69, 9.17) is 14.9 Å². The van der Waals surface area contributed by atoms with Crippen molar-refractivity contribution in [3.63, 3.8) is 0 Å². The van der Waals surface area contributed by atoms with Crippen LogP contribution >= 0.6 is 0 Å². The summed E-state index contributed by atoms with van der Waals surface area (Å²) in [5.41, 5.74) is 5.28. The van der Waals surface area contributed by atoms with Crippen molar-refractivity contribution >= 4 is 17.9 Å². The van der Waals surface area contributed by atoms with E-state index in [1.165, 1.54) is 0 Å². The quantitative estimate of drug-likeness (QED) is 0.721. The first-order valence-electron chi connectivity index (χ1n) is 5.39. The van der Waals surface area contributed by atoms with E-state index in [1.807, 2.05) is 0 Å². The number of carbonyl (C=O) groups excluding carboxylic acids is 1. The van der Waals surface area contributed by atoms with E-state index < -0.39 is 6.04 Å². The molecule has 1 atom stereocenters. The molecule has 8 nitrogen and oxygen atoms in total. The molecule has 1 aromatic rings. The predicted molar refractivity (Wildman–Crippen MR) is 59.2 cm³/mol. The first-order chi connectivity index (χ1) is 8.16. The summed E-state index contributed by atoms with van der Waals surface area (Å²) in [6.45, 7) is 4.10. The van der Waals surface area contributed by atoms with Gasteiger partial charge >= 0.3 is 12.0 Å². The Bertz CT molecular complexity index is 388. The third-order valence-electron chi connectivity index (χ3n) is 2.47. The first-order valence-corrected chi connectivity index (χ1v) is 5.39. The maximum Gasteiger partial charge on any atom is 0.317 e. The zero-order chi connectivity index (χ0) is 12.3. The number of nitrogens with one attached hydrogen (secondary N) is 1. The van der Waals surface area contributed by atoms with Gasteiger partial charge in [-0.05, 0) is 6.92 Å².